The van der Waals surface area contributed by atoms with Gasteiger partial charge in [0.05, 0.1) is 4.90 Å². The van der Waals surface area contributed by atoms with Crippen LogP contribution in [0.1, 0.15) is 0 Å². The number of halogens is 2. The van der Waals surface area contributed by atoms with Crippen molar-refractivity contribution in [3.8, 4) is 0 Å². The van der Waals surface area contributed by atoms with Gasteiger partial charge in [-0.25, -0.2) is 17.2 Å². The predicted molar refractivity (Wildman–Crippen MR) is 83.8 cm³/mol. The number of benzene rings is 2. The first-order chi connectivity index (χ1) is 11.0. The van der Waals surface area contributed by atoms with E-state index < -0.39 is 21.7 Å². The summed E-state index contributed by atoms with van der Waals surface area (Å²) in [6.07, 6.45) is 0. The van der Waals surface area contributed by atoms with Crippen LogP contribution in [0.4, 0.5) is 14.5 Å². The monoisotopic (exact) mass is 338 g/mol. The molecule has 0 unspecified atom stereocenters. The van der Waals surface area contributed by atoms with Crippen molar-refractivity contribution in [2.75, 3.05) is 31.1 Å². The van der Waals surface area contributed by atoms with Crippen molar-refractivity contribution in [2.24, 2.45) is 0 Å². The lowest BCUT2D eigenvalue weighted by atomic mass is 10.2. The molecule has 0 saturated carbocycles. The first-order valence-corrected chi connectivity index (χ1v) is 8.67. The highest BCUT2D eigenvalue weighted by Crippen LogP contribution is 2.22. The van der Waals surface area contributed by atoms with Gasteiger partial charge in [0.15, 0.2) is 0 Å². The molecular formula is C16H16F2N2O2S. The number of piperazine rings is 1. The number of sulfonamides is 1. The van der Waals surface area contributed by atoms with Crippen LogP contribution < -0.4 is 4.90 Å². The maximum Gasteiger partial charge on any atom is 0.243 e. The topological polar surface area (TPSA) is 40.6 Å². The Morgan fingerprint density at radius 3 is 1.96 bits per heavy atom. The first kappa shape index (κ1) is 15.9. The quantitative estimate of drug-likeness (QED) is 0.863. The Morgan fingerprint density at radius 1 is 0.826 bits per heavy atom. The highest BCUT2D eigenvalue weighted by molar-refractivity contribution is 7.89. The second-order valence-corrected chi connectivity index (χ2v) is 7.27. The zero-order valence-corrected chi connectivity index (χ0v) is 13.1. The Balaban J connectivity index is 1.76. The normalized spacial score (nSPS) is 16.5. The maximum atomic E-state index is 13.3. The van der Waals surface area contributed by atoms with Gasteiger partial charge in [0.2, 0.25) is 10.0 Å². The van der Waals surface area contributed by atoms with E-state index in [2.05, 4.69) is 4.90 Å². The van der Waals surface area contributed by atoms with Crippen molar-refractivity contribution < 1.29 is 17.2 Å². The van der Waals surface area contributed by atoms with Gasteiger partial charge < -0.3 is 4.90 Å². The smallest absolute Gasteiger partial charge is 0.243 e. The van der Waals surface area contributed by atoms with Crippen molar-refractivity contribution in [1.82, 2.24) is 4.31 Å². The number of nitrogens with zero attached hydrogens (tertiary/aromatic N) is 2. The van der Waals surface area contributed by atoms with Crippen LogP contribution in [-0.2, 0) is 10.0 Å². The van der Waals surface area contributed by atoms with Crippen molar-refractivity contribution in [1.29, 1.82) is 0 Å². The standard InChI is InChI=1S/C16H16F2N2O2S/c17-13-10-14(18)12-16(11-13)23(21,22)20-8-6-19(7-9-20)15-4-2-1-3-5-15/h1-5,10-12H,6-9H2. The number of anilines is 1. The van der Waals surface area contributed by atoms with Gasteiger partial charge in [-0.3, -0.25) is 0 Å². The molecule has 1 heterocycles. The molecule has 0 amide bonds. The molecule has 0 atom stereocenters. The van der Waals surface area contributed by atoms with E-state index in [1.165, 1.54) is 4.31 Å². The number of rotatable bonds is 3. The molecule has 3 rings (SSSR count). The van der Waals surface area contributed by atoms with E-state index in [0.29, 0.717) is 19.2 Å². The van der Waals surface area contributed by atoms with E-state index in [9.17, 15) is 17.2 Å². The third kappa shape index (κ3) is 3.35. The molecule has 0 radical (unpaired) electrons. The molecule has 0 N–H and O–H groups in total. The Bertz CT molecular complexity index is 769. The van der Waals surface area contributed by atoms with Crippen molar-refractivity contribution in [2.45, 2.75) is 4.90 Å². The molecule has 122 valence electrons. The van der Waals surface area contributed by atoms with Gasteiger partial charge in [-0.1, -0.05) is 18.2 Å². The zero-order valence-electron chi connectivity index (χ0n) is 12.3. The van der Waals surface area contributed by atoms with E-state index in [-0.39, 0.29) is 18.0 Å². The highest BCUT2D eigenvalue weighted by Gasteiger charge is 2.29. The Morgan fingerprint density at radius 2 is 1.39 bits per heavy atom. The SMILES string of the molecule is O=S(=O)(c1cc(F)cc(F)c1)N1CCN(c2ccccc2)CC1. The molecule has 0 spiro atoms. The van der Waals surface area contributed by atoms with E-state index in [1.807, 2.05) is 30.3 Å². The van der Waals surface area contributed by atoms with E-state index in [4.69, 9.17) is 0 Å². The van der Waals surface area contributed by atoms with Crippen LogP contribution >= 0.6 is 0 Å². The second-order valence-electron chi connectivity index (χ2n) is 5.33. The second kappa shape index (κ2) is 6.25. The minimum atomic E-state index is -3.89. The summed E-state index contributed by atoms with van der Waals surface area (Å²) in [5, 5.41) is 0. The number of hydrogen-bond acceptors (Lipinski definition) is 3. The molecule has 2 aromatic rings. The van der Waals surface area contributed by atoms with Gasteiger partial charge >= 0.3 is 0 Å². The third-order valence-electron chi connectivity index (χ3n) is 3.83. The lowest BCUT2D eigenvalue weighted by molar-refractivity contribution is 0.384. The predicted octanol–water partition coefficient (Wildman–Crippen LogP) is 2.48. The summed E-state index contributed by atoms with van der Waals surface area (Å²) in [4.78, 5) is 1.74. The summed E-state index contributed by atoms with van der Waals surface area (Å²) >= 11 is 0. The van der Waals surface area contributed by atoms with Crippen LogP contribution in [0.2, 0.25) is 0 Å². The molecule has 0 bridgehead atoms. The Labute approximate surface area is 134 Å². The molecule has 2 aromatic carbocycles. The Hall–Kier alpha value is -1.99. The summed E-state index contributed by atoms with van der Waals surface area (Å²) in [5.74, 6) is -1.79. The summed E-state index contributed by atoms with van der Waals surface area (Å²) in [6.45, 7) is 1.60. The van der Waals surface area contributed by atoms with E-state index in [1.54, 1.807) is 0 Å². The molecule has 1 fully saturated rings. The fraction of sp³-hybridized carbons (Fsp3) is 0.250. The van der Waals surface area contributed by atoms with Gasteiger partial charge in [0.1, 0.15) is 11.6 Å². The van der Waals surface area contributed by atoms with E-state index >= 15 is 0 Å². The van der Waals surface area contributed by atoms with Gasteiger partial charge in [0.25, 0.3) is 0 Å². The lowest BCUT2D eigenvalue weighted by Gasteiger charge is -2.35. The number of hydrogen-bond donors (Lipinski definition) is 0. The van der Waals surface area contributed by atoms with Crippen LogP contribution in [-0.4, -0.2) is 38.9 Å². The summed E-state index contributed by atoms with van der Waals surface area (Å²) < 4.78 is 52.8. The molecule has 7 heteroatoms. The minimum absolute atomic E-state index is 0.273. The van der Waals surface area contributed by atoms with Crippen LogP contribution in [0.25, 0.3) is 0 Å². The van der Waals surface area contributed by atoms with E-state index in [0.717, 1.165) is 17.8 Å². The fourth-order valence-corrected chi connectivity index (χ4v) is 4.12. The highest BCUT2D eigenvalue weighted by atomic mass is 32.2. The number of para-hydroxylation sites is 1. The van der Waals surface area contributed by atoms with Gasteiger partial charge in [-0.2, -0.15) is 4.31 Å². The molecular weight excluding hydrogens is 322 g/mol. The molecule has 0 aliphatic carbocycles. The largest absolute Gasteiger partial charge is 0.369 e. The van der Waals surface area contributed by atoms with Gasteiger partial charge in [0, 0.05) is 37.9 Å². The zero-order chi connectivity index (χ0) is 16.4. The lowest BCUT2D eigenvalue weighted by Crippen LogP contribution is -2.48. The van der Waals surface area contributed by atoms with Gasteiger partial charge in [-0.15, -0.1) is 0 Å². The third-order valence-corrected chi connectivity index (χ3v) is 5.71. The maximum absolute atomic E-state index is 13.3. The molecule has 1 saturated heterocycles. The average molecular weight is 338 g/mol. The fourth-order valence-electron chi connectivity index (χ4n) is 2.65. The molecule has 4 nitrogen and oxygen atoms in total. The molecule has 0 aromatic heterocycles. The van der Waals surface area contributed by atoms with Crippen LogP contribution in [0.5, 0.6) is 0 Å². The van der Waals surface area contributed by atoms with Crippen LogP contribution in [0.15, 0.2) is 53.4 Å². The molecule has 1 aliphatic rings. The summed E-state index contributed by atoms with van der Waals surface area (Å²) in [5.41, 5.74) is 1.03. The average Bonchev–Trinajstić information content (AvgIpc) is 2.55. The summed E-state index contributed by atoms with van der Waals surface area (Å²) in [6, 6.07) is 12.1. The van der Waals surface area contributed by atoms with Crippen LogP contribution in [0.3, 0.4) is 0 Å². The van der Waals surface area contributed by atoms with Crippen molar-refractivity contribution in [3.05, 3.63) is 60.2 Å². The van der Waals surface area contributed by atoms with Crippen molar-refractivity contribution in [3.63, 3.8) is 0 Å². The Kier molecular flexibility index (Phi) is 4.32. The first-order valence-electron chi connectivity index (χ1n) is 7.23. The van der Waals surface area contributed by atoms with Crippen molar-refractivity contribution >= 4 is 15.7 Å². The van der Waals surface area contributed by atoms with Crippen LogP contribution in [0, 0.1) is 11.6 Å². The molecule has 1 aliphatic heterocycles. The minimum Gasteiger partial charge on any atom is -0.369 e. The van der Waals surface area contributed by atoms with Gasteiger partial charge in [-0.05, 0) is 24.3 Å². The molecule has 23 heavy (non-hydrogen) atoms. The summed E-state index contributed by atoms with van der Waals surface area (Å²) in [7, 11) is -3.89.